The first kappa shape index (κ1) is 23.0. The zero-order valence-corrected chi connectivity index (χ0v) is 19.1. The van der Waals surface area contributed by atoms with Crippen molar-refractivity contribution in [3.63, 3.8) is 0 Å². The van der Waals surface area contributed by atoms with E-state index in [2.05, 4.69) is 26.1 Å². The van der Waals surface area contributed by atoms with E-state index in [-0.39, 0.29) is 29.6 Å². The Morgan fingerprint density at radius 2 is 1.71 bits per heavy atom. The van der Waals surface area contributed by atoms with Gasteiger partial charge in [0, 0.05) is 16.1 Å². The molecule has 3 rings (SSSR count). The summed E-state index contributed by atoms with van der Waals surface area (Å²) in [6.07, 6.45) is 3.74. The van der Waals surface area contributed by atoms with Gasteiger partial charge >= 0.3 is 12.1 Å². The van der Waals surface area contributed by atoms with Crippen molar-refractivity contribution in [1.29, 1.82) is 0 Å². The first-order chi connectivity index (χ1) is 14.7. The van der Waals surface area contributed by atoms with Crippen LogP contribution in [0.15, 0.2) is 40.9 Å². The highest BCUT2D eigenvalue weighted by molar-refractivity contribution is 9.10. The van der Waals surface area contributed by atoms with Crippen LogP contribution in [-0.2, 0) is 19.1 Å². The zero-order valence-electron chi connectivity index (χ0n) is 17.5. The molecule has 0 radical (unpaired) electrons. The van der Waals surface area contributed by atoms with Crippen molar-refractivity contribution in [3.8, 4) is 0 Å². The van der Waals surface area contributed by atoms with E-state index in [0.717, 1.165) is 4.47 Å². The highest BCUT2D eigenvalue weighted by Crippen LogP contribution is 2.49. The number of nitrogens with zero attached hydrogens (tertiary/aromatic N) is 1. The number of amides is 2. The number of esters is 1. The summed E-state index contributed by atoms with van der Waals surface area (Å²) in [5.41, 5.74) is 2.86. The predicted octanol–water partition coefficient (Wildman–Crippen LogP) is 3.12. The molecule has 2 bridgehead atoms. The number of Topliss-reactive ketones (excluding diaryl/α,β-unsaturated/α-hetero) is 1. The number of rotatable bonds is 6. The Bertz CT molecular complexity index is 898. The number of ketones is 1. The van der Waals surface area contributed by atoms with Crippen molar-refractivity contribution in [2.24, 2.45) is 23.7 Å². The molecular formula is C22H25BrN2O6. The highest BCUT2D eigenvalue weighted by Gasteiger charge is 2.53. The smallest absolute Gasteiger partial charge is 0.425 e. The summed E-state index contributed by atoms with van der Waals surface area (Å²) in [7, 11) is 1.21. The number of halogens is 1. The third-order valence-corrected chi connectivity index (χ3v) is 6.21. The van der Waals surface area contributed by atoms with Crippen LogP contribution in [0.4, 0.5) is 4.79 Å². The van der Waals surface area contributed by atoms with Crippen LogP contribution in [-0.4, -0.2) is 48.5 Å². The Balaban J connectivity index is 1.71. The van der Waals surface area contributed by atoms with Crippen LogP contribution in [0.25, 0.3) is 0 Å². The Hall–Kier alpha value is -2.68. The Labute approximate surface area is 189 Å². The van der Waals surface area contributed by atoms with Crippen molar-refractivity contribution in [1.82, 2.24) is 10.4 Å². The number of hydrogen-bond acceptors (Lipinski definition) is 6. The summed E-state index contributed by atoms with van der Waals surface area (Å²) in [5.74, 6) is -2.93. The van der Waals surface area contributed by atoms with Crippen LogP contribution in [0, 0.1) is 23.7 Å². The zero-order chi connectivity index (χ0) is 22.7. The standard InChI is InChI=1S/C22H25BrN2O6/c1-12(2)25(24-22(29)30-3)20(27)18-14-4-5-15(10-14)19(18)21(28)31-11-17(26)13-6-8-16(23)9-7-13/h4-9,12,14-15,18-19H,10-11H2,1-3H3,(H,24,29)/t14?,15?,18-,19+/m1/s1. The van der Waals surface area contributed by atoms with Gasteiger partial charge in [0.1, 0.15) is 0 Å². The molecule has 4 atom stereocenters. The molecule has 31 heavy (non-hydrogen) atoms. The van der Waals surface area contributed by atoms with Crippen molar-refractivity contribution in [2.75, 3.05) is 13.7 Å². The van der Waals surface area contributed by atoms with E-state index >= 15 is 0 Å². The molecule has 0 aliphatic heterocycles. The minimum absolute atomic E-state index is 0.127. The van der Waals surface area contributed by atoms with Gasteiger partial charge in [0.2, 0.25) is 5.91 Å². The average Bonchev–Trinajstić information content (AvgIpc) is 3.37. The third-order valence-electron chi connectivity index (χ3n) is 5.68. The van der Waals surface area contributed by atoms with Gasteiger partial charge in [-0.3, -0.25) is 14.4 Å². The maximum Gasteiger partial charge on any atom is 0.425 e. The van der Waals surface area contributed by atoms with Gasteiger partial charge in [-0.05, 0) is 44.2 Å². The molecule has 1 aromatic rings. The van der Waals surface area contributed by atoms with Crippen molar-refractivity contribution in [3.05, 3.63) is 46.5 Å². The minimum Gasteiger partial charge on any atom is -0.457 e. The van der Waals surface area contributed by atoms with Crippen molar-refractivity contribution < 1.29 is 28.7 Å². The van der Waals surface area contributed by atoms with E-state index in [4.69, 9.17) is 4.74 Å². The molecular weight excluding hydrogens is 468 g/mol. The van der Waals surface area contributed by atoms with Gasteiger partial charge in [-0.1, -0.05) is 40.2 Å². The van der Waals surface area contributed by atoms with Crippen LogP contribution < -0.4 is 5.43 Å². The summed E-state index contributed by atoms with van der Waals surface area (Å²) >= 11 is 3.31. The van der Waals surface area contributed by atoms with Gasteiger partial charge in [-0.15, -0.1) is 0 Å². The van der Waals surface area contributed by atoms with Crippen LogP contribution in [0.1, 0.15) is 30.6 Å². The molecule has 2 aliphatic carbocycles. The number of ether oxygens (including phenoxy) is 2. The van der Waals surface area contributed by atoms with E-state index in [1.807, 2.05) is 12.2 Å². The lowest BCUT2D eigenvalue weighted by Gasteiger charge is -2.33. The van der Waals surface area contributed by atoms with Crippen LogP contribution in [0.5, 0.6) is 0 Å². The summed E-state index contributed by atoms with van der Waals surface area (Å²) in [6.45, 7) is 3.11. The molecule has 2 aliphatic rings. The normalized spacial score (nSPS) is 23.5. The molecule has 1 N–H and O–H groups in total. The SMILES string of the molecule is COC(=O)NN(C(=O)[C@@H]1C2C=CC(C2)[C@@H]1C(=O)OCC(=O)c1ccc(Br)cc1)C(C)C. The Morgan fingerprint density at radius 1 is 1.10 bits per heavy atom. The number of allylic oxidation sites excluding steroid dienone is 2. The van der Waals surface area contributed by atoms with Crippen LogP contribution in [0.3, 0.4) is 0 Å². The summed E-state index contributed by atoms with van der Waals surface area (Å²) < 4.78 is 10.8. The molecule has 8 nitrogen and oxygen atoms in total. The quantitative estimate of drug-likeness (QED) is 0.283. The van der Waals surface area contributed by atoms with Crippen molar-refractivity contribution >= 4 is 39.7 Å². The summed E-state index contributed by atoms with van der Waals surface area (Å²) in [5, 5.41) is 1.19. The van der Waals surface area contributed by atoms with E-state index < -0.39 is 30.5 Å². The molecule has 0 heterocycles. The molecule has 2 unspecified atom stereocenters. The molecule has 1 fully saturated rings. The topological polar surface area (TPSA) is 102 Å². The molecule has 0 aromatic heterocycles. The van der Waals surface area contributed by atoms with E-state index in [0.29, 0.717) is 12.0 Å². The van der Waals surface area contributed by atoms with E-state index in [1.165, 1.54) is 12.1 Å². The maximum absolute atomic E-state index is 13.3. The lowest BCUT2D eigenvalue weighted by molar-refractivity contribution is -0.156. The highest BCUT2D eigenvalue weighted by atomic mass is 79.9. The number of methoxy groups -OCH3 is 1. The first-order valence-electron chi connectivity index (χ1n) is 10.0. The summed E-state index contributed by atoms with van der Waals surface area (Å²) in [4.78, 5) is 50.2. The molecule has 9 heteroatoms. The molecule has 2 amide bonds. The summed E-state index contributed by atoms with van der Waals surface area (Å²) in [6, 6.07) is 6.42. The molecule has 1 aromatic carbocycles. The fourth-order valence-corrected chi connectivity index (χ4v) is 4.44. The second kappa shape index (κ2) is 9.64. The maximum atomic E-state index is 13.3. The fraction of sp³-hybridized carbons (Fsp3) is 0.455. The minimum atomic E-state index is -0.764. The predicted molar refractivity (Wildman–Crippen MR) is 115 cm³/mol. The number of hydrazine groups is 1. The number of hydrogen-bond donors (Lipinski definition) is 1. The van der Waals surface area contributed by atoms with Crippen LogP contribution >= 0.6 is 15.9 Å². The lowest BCUT2D eigenvalue weighted by atomic mass is 9.82. The number of carbonyl (C=O) groups is 4. The van der Waals surface area contributed by atoms with Gasteiger partial charge in [-0.25, -0.2) is 15.2 Å². The Morgan fingerprint density at radius 3 is 2.29 bits per heavy atom. The first-order valence-corrected chi connectivity index (χ1v) is 10.8. The lowest BCUT2D eigenvalue weighted by Crippen LogP contribution is -2.54. The largest absolute Gasteiger partial charge is 0.457 e. The number of benzene rings is 1. The Kier molecular flexibility index (Phi) is 7.15. The second-order valence-electron chi connectivity index (χ2n) is 7.94. The number of nitrogens with one attached hydrogen (secondary N) is 1. The van der Waals surface area contributed by atoms with Gasteiger partial charge < -0.3 is 9.47 Å². The average molecular weight is 493 g/mol. The second-order valence-corrected chi connectivity index (χ2v) is 8.86. The van der Waals surface area contributed by atoms with E-state index in [1.54, 1.807) is 38.1 Å². The van der Waals surface area contributed by atoms with Crippen molar-refractivity contribution in [2.45, 2.75) is 26.3 Å². The van der Waals surface area contributed by atoms with Gasteiger partial charge in [0.05, 0.1) is 18.9 Å². The molecule has 1 saturated carbocycles. The molecule has 166 valence electrons. The van der Waals surface area contributed by atoms with Gasteiger partial charge in [-0.2, -0.15) is 0 Å². The molecule has 0 saturated heterocycles. The molecule has 0 spiro atoms. The fourth-order valence-electron chi connectivity index (χ4n) is 4.18. The number of fused-ring (bicyclic) bond motifs is 2. The van der Waals surface area contributed by atoms with Gasteiger partial charge in [0.25, 0.3) is 0 Å². The monoisotopic (exact) mass is 492 g/mol. The van der Waals surface area contributed by atoms with Gasteiger partial charge in [0.15, 0.2) is 12.4 Å². The van der Waals surface area contributed by atoms with E-state index in [9.17, 15) is 19.2 Å². The number of carbonyl (C=O) groups excluding carboxylic acids is 4. The van der Waals surface area contributed by atoms with Crippen LogP contribution in [0.2, 0.25) is 0 Å². The third kappa shape index (κ3) is 4.98.